The molecule has 0 aliphatic heterocycles. The molecule has 0 unspecified atom stereocenters. The van der Waals surface area contributed by atoms with Gasteiger partial charge < -0.3 is 9.80 Å². The molecule has 0 bridgehead atoms. The number of hydrogen-bond donors (Lipinski definition) is 0. The Hall–Kier alpha value is -8.02. The molecule has 0 fully saturated rings. The number of anilines is 6. The average molecular weight is 893 g/mol. The number of thiophene rings is 2. The van der Waals surface area contributed by atoms with Gasteiger partial charge in [0.15, 0.2) is 0 Å². The Morgan fingerprint density at radius 3 is 0.881 bits per heavy atom. The Labute approximate surface area is 400 Å². The van der Waals surface area contributed by atoms with E-state index < -0.39 is 0 Å². The SMILES string of the molecule is c1ccc(C2c3ccc(-c4ccc(-c5ccc(N(c6ccccc6)c6ccccc6)cc5)s4)cc3-c3cc(-c4ccc(-c5ccc(N(c6ccccc6)c6ccccc6)cc5)s4)ccc32)cc1. The molecule has 67 heavy (non-hydrogen) atoms. The molecule has 2 heterocycles. The van der Waals surface area contributed by atoms with Crippen molar-refractivity contribution >= 4 is 56.8 Å². The molecule has 0 atom stereocenters. The summed E-state index contributed by atoms with van der Waals surface area (Å²) in [4.78, 5) is 9.66. The van der Waals surface area contributed by atoms with Crippen LogP contribution in [-0.4, -0.2) is 0 Å². The highest BCUT2D eigenvalue weighted by Gasteiger charge is 2.31. The second kappa shape index (κ2) is 17.8. The Kier molecular flexibility index (Phi) is 10.7. The molecule has 4 heteroatoms. The highest BCUT2D eigenvalue weighted by atomic mass is 32.1. The van der Waals surface area contributed by atoms with Gasteiger partial charge in [-0.15, -0.1) is 22.7 Å². The van der Waals surface area contributed by atoms with Crippen molar-refractivity contribution in [2.75, 3.05) is 9.80 Å². The van der Waals surface area contributed by atoms with Crippen molar-refractivity contribution in [3.05, 3.63) is 278 Å². The number of fused-ring (bicyclic) bond motifs is 3. The summed E-state index contributed by atoms with van der Waals surface area (Å²) in [5.74, 6) is 0.182. The largest absolute Gasteiger partial charge is 0.311 e. The summed E-state index contributed by atoms with van der Waals surface area (Å²) in [5.41, 5.74) is 18.4. The maximum Gasteiger partial charge on any atom is 0.0462 e. The van der Waals surface area contributed by atoms with Gasteiger partial charge in [-0.25, -0.2) is 0 Å². The molecule has 0 spiro atoms. The van der Waals surface area contributed by atoms with E-state index in [2.05, 4.69) is 271 Å². The summed E-state index contributed by atoms with van der Waals surface area (Å²) in [6.45, 7) is 0. The minimum Gasteiger partial charge on any atom is -0.311 e. The fourth-order valence-corrected chi connectivity index (χ4v) is 11.6. The molecule has 1 aliphatic rings. The van der Waals surface area contributed by atoms with Crippen LogP contribution in [0.25, 0.3) is 52.9 Å². The van der Waals surface area contributed by atoms with Crippen LogP contribution in [0.15, 0.2) is 261 Å². The van der Waals surface area contributed by atoms with E-state index in [9.17, 15) is 0 Å². The van der Waals surface area contributed by atoms with Crippen LogP contribution in [0, 0.1) is 0 Å². The summed E-state index contributed by atoms with van der Waals surface area (Å²) in [6.07, 6.45) is 0. The zero-order valence-electron chi connectivity index (χ0n) is 36.6. The van der Waals surface area contributed by atoms with Crippen molar-refractivity contribution < 1.29 is 0 Å². The van der Waals surface area contributed by atoms with Gasteiger partial charge in [0, 0.05) is 59.6 Å². The molecular formula is C63H44N2S2. The third kappa shape index (κ3) is 7.87. The van der Waals surface area contributed by atoms with Crippen LogP contribution in [0.1, 0.15) is 22.6 Å². The lowest BCUT2D eigenvalue weighted by atomic mass is 9.89. The van der Waals surface area contributed by atoms with Gasteiger partial charge in [-0.3, -0.25) is 0 Å². The number of hydrogen-bond acceptors (Lipinski definition) is 4. The first kappa shape index (κ1) is 40.5. The van der Waals surface area contributed by atoms with E-state index in [4.69, 9.17) is 0 Å². The summed E-state index contributed by atoms with van der Waals surface area (Å²) in [7, 11) is 0. The molecule has 2 nitrogen and oxygen atoms in total. The van der Waals surface area contributed by atoms with E-state index >= 15 is 0 Å². The van der Waals surface area contributed by atoms with Gasteiger partial charge in [-0.05, 0) is 159 Å². The van der Waals surface area contributed by atoms with E-state index in [1.165, 1.54) is 69.6 Å². The van der Waals surface area contributed by atoms with E-state index in [-0.39, 0.29) is 5.92 Å². The molecule has 12 rings (SSSR count). The van der Waals surface area contributed by atoms with Gasteiger partial charge in [0.05, 0.1) is 0 Å². The quantitative estimate of drug-likeness (QED) is 0.128. The number of nitrogens with zero attached hydrogens (tertiary/aromatic N) is 2. The summed E-state index contributed by atoms with van der Waals surface area (Å²) >= 11 is 3.71. The van der Waals surface area contributed by atoms with E-state index in [1.54, 1.807) is 0 Å². The highest BCUT2D eigenvalue weighted by molar-refractivity contribution is 7.19. The van der Waals surface area contributed by atoms with Crippen molar-refractivity contribution in [3.63, 3.8) is 0 Å². The molecule has 0 N–H and O–H groups in total. The fourth-order valence-electron chi connectivity index (χ4n) is 9.61. The summed E-state index contributed by atoms with van der Waals surface area (Å²) in [5, 5.41) is 0. The second-order valence-corrected chi connectivity index (χ2v) is 19.0. The smallest absolute Gasteiger partial charge is 0.0462 e. The Bertz CT molecular complexity index is 3140. The third-order valence-corrected chi connectivity index (χ3v) is 15.2. The lowest BCUT2D eigenvalue weighted by Gasteiger charge is -2.25. The zero-order valence-corrected chi connectivity index (χ0v) is 38.2. The maximum atomic E-state index is 2.44. The minimum absolute atomic E-state index is 0.182. The van der Waals surface area contributed by atoms with Gasteiger partial charge in [0.25, 0.3) is 0 Å². The summed E-state index contributed by atoms with van der Waals surface area (Å²) < 4.78 is 0. The molecule has 0 amide bonds. The number of benzene rings is 9. The lowest BCUT2D eigenvalue weighted by molar-refractivity contribution is 1.02. The fraction of sp³-hybridized carbons (Fsp3) is 0.0159. The lowest BCUT2D eigenvalue weighted by Crippen LogP contribution is -2.09. The van der Waals surface area contributed by atoms with Crippen molar-refractivity contribution in [2.45, 2.75) is 5.92 Å². The monoisotopic (exact) mass is 892 g/mol. The number of para-hydroxylation sites is 4. The van der Waals surface area contributed by atoms with Crippen molar-refractivity contribution in [3.8, 4) is 52.9 Å². The van der Waals surface area contributed by atoms with E-state index in [0.29, 0.717) is 0 Å². The van der Waals surface area contributed by atoms with E-state index in [0.717, 1.165) is 34.1 Å². The van der Waals surface area contributed by atoms with Gasteiger partial charge in [-0.2, -0.15) is 0 Å². The van der Waals surface area contributed by atoms with Crippen LogP contribution in [0.3, 0.4) is 0 Å². The van der Waals surface area contributed by atoms with Crippen LogP contribution in [-0.2, 0) is 0 Å². The summed E-state index contributed by atoms with van der Waals surface area (Å²) in [6, 6.07) is 94.7. The molecular weight excluding hydrogens is 849 g/mol. The van der Waals surface area contributed by atoms with Crippen molar-refractivity contribution in [2.24, 2.45) is 0 Å². The molecule has 9 aromatic carbocycles. The van der Waals surface area contributed by atoms with Crippen molar-refractivity contribution in [1.82, 2.24) is 0 Å². The first-order valence-electron chi connectivity index (χ1n) is 22.8. The molecule has 11 aromatic rings. The third-order valence-electron chi connectivity index (χ3n) is 12.8. The number of rotatable bonds is 11. The van der Waals surface area contributed by atoms with Gasteiger partial charge >= 0.3 is 0 Å². The Morgan fingerprint density at radius 1 is 0.254 bits per heavy atom. The van der Waals surface area contributed by atoms with Crippen LogP contribution in [0.2, 0.25) is 0 Å². The predicted molar refractivity (Wildman–Crippen MR) is 286 cm³/mol. The van der Waals surface area contributed by atoms with E-state index in [1.807, 2.05) is 22.7 Å². The van der Waals surface area contributed by atoms with Crippen LogP contribution >= 0.6 is 22.7 Å². The van der Waals surface area contributed by atoms with Crippen LogP contribution < -0.4 is 9.80 Å². The molecule has 0 saturated carbocycles. The minimum atomic E-state index is 0.182. The molecule has 2 aromatic heterocycles. The first-order chi connectivity index (χ1) is 33.2. The standard InChI is InChI=1S/C63H44N2S2/c1-6-16-46(17-7-1)63-55-36-30-47(61-40-38-59(66-61)44-26-32-53(33-27-44)64(49-18-8-2-9-19-49)50-20-10-3-11-21-50)42-57(55)58-43-48(31-37-56(58)63)62-41-39-60(67-62)45-28-34-54(35-29-45)65(51-22-12-4-13-23-51)52-24-14-5-15-25-52/h1-43,63H. The first-order valence-corrected chi connectivity index (χ1v) is 24.4. The zero-order chi connectivity index (χ0) is 44.5. The van der Waals surface area contributed by atoms with Gasteiger partial charge in [-0.1, -0.05) is 152 Å². The Morgan fingerprint density at radius 2 is 0.537 bits per heavy atom. The van der Waals surface area contributed by atoms with Gasteiger partial charge in [0.1, 0.15) is 0 Å². The normalized spacial score (nSPS) is 11.8. The molecule has 0 saturated heterocycles. The average Bonchev–Trinajstić information content (AvgIpc) is 4.18. The van der Waals surface area contributed by atoms with Crippen molar-refractivity contribution in [1.29, 1.82) is 0 Å². The van der Waals surface area contributed by atoms with Crippen LogP contribution in [0.4, 0.5) is 34.1 Å². The molecule has 0 radical (unpaired) electrons. The molecule has 1 aliphatic carbocycles. The predicted octanol–water partition coefficient (Wildman–Crippen LogP) is 18.6. The topological polar surface area (TPSA) is 6.48 Å². The van der Waals surface area contributed by atoms with Crippen LogP contribution in [0.5, 0.6) is 0 Å². The molecule has 318 valence electrons. The highest BCUT2D eigenvalue weighted by Crippen LogP contribution is 2.51. The second-order valence-electron chi connectivity index (χ2n) is 16.9. The van der Waals surface area contributed by atoms with Gasteiger partial charge in [0.2, 0.25) is 0 Å². The Balaban J connectivity index is 0.845. The maximum absolute atomic E-state index is 2.44.